The van der Waals surface area contributed by atoms with Gasteiger partial charge in [-0.2, -0.15) is 5.10 Å². The first-order chi connectivity index (χ1) is 14.0. The number of allylic oxidation sites excluding steroid dienone is 1. The normalized spacial score (nSPS) is 15.3. The van der Waals surface area contributed by atoms with Crippen molar-refractivity contribution in [3.8, 4) is 0 Å². The zero-order chi connectivity index (χ0) is 20.6. The third-order valence-corrected chi connectivity index (χ3v) is 4.55. The van der Waals surface area contributed by atoms with Crippen molar-refractivity contribution in [2.24, 2.45) is 11.0 Å². The standard InChI is InChI=1S/C21H28N6O2/c1-4-19(26-25-18-5-6-20(28)27(14-18)13-15(2)3)16-11-22-21(23-12-16)24-17-7-9-29-10-8-17/h4-6,11-12,14-15,17,25H,1,7-10,13H2,2-3H3,(H,22,23,24)/b26-19+. The summed E-state index contributed by atoms with van der Waals surface area (Å²) in [5.41, 5.74) is 5.05. The molecule has 1 fully saturated rings. The van der Waals surface area contributed by atoms with Crippen LogP contribution in [-0.2, 0) is 11.3 Å². The first-order valence-corrected chi connectivity index (χ1v) is 9.88. The van der Waals surface area contributed by atoms with Crippen LogP contribution in [0.1, 0.15) is 32.3 Å². The Balaban J connectivity index is 1.68. The number of nitrogens with zero attached hydrogens (tertiary/aromatic N) is 4. The quantitative estimate of drug-likeness (QED) is 0.526. The van der Waals surface area contributed by atoms with Crippen molar-refractivity contribution in [3.05, 3.63) is 59.3 Å². The van der Waals surface area contributed by atoms with Crippen LogP contribution in [0.15, 0.2) is 53.3 Å². The molecule has 2 aromatic rings. The van der Waals surface area contributed by atoms with Gasteiger partial charge in [-0.25, -0.2) is 9.97 Å². The highest BCUT2D eigenvalue weighted by atomic mass is 16.5. The number of hydrogen-bond donors (Lipinski definition) is 2. The van der Waals surface area contributed by atoms with Crippen molar-refractivity contribution in [2.45, 2.75) is 39.3 Å². The van der Waals surface area contributed by atoms with Gasteiger partial charge >= 0.3 is 0 Å². The van der Waals surface area contributed by atoms with Gasteiger partial charge in [-0.05, 0) is 30.9 Å². The van der Waals surface area contributed by atoms with Crippen LogP contribution in [0.4, 0.5) is 11.6 Å². The first-order valence-electron chi connectivity index (χ1n) is 9.88. The second kappa shape index (κ2) is 9.97. The summed E-state index contributed by atoms with van der Waals surface area (Å²) in [6.07, 6.45) is 8.75. The largest absolute Gasteiger partial charge is 0.381 e. The van der Waals surface area contributed by atoms with Gasteiger partial charge in [0.15, 0.2) is 0 Å². The number of aromatic nitrogens is 3. The van der Waals surface area contributed by atoms with Gasteiger partial charge in [0, 0.05) is 56.0 Å². The fourth-order valence-corrected chi connectivity index (χ4v) is 3.05. The lowest BCUT2D eigenvalue weighted by atomic mass is 10.1. The predicted molar refractivity (Wildman–Crippen MR) is 115 cm³/mol. The molecule has 0 bridgehead atoms. The van der Waals surface area contributed by atoms with Gasteiger partial charge in [0.1, 0.15) is 0 Å². The number of hydrazone groups is 1. The van der Waals surface area contributed by atoms with E-state index in [4.69, 9.17) is 4.74 Å². The topological polar surface area (TPSA) is 93.4 Å². The van der Waals surface area contributed by atoms with Gasteiger partial charge in [0.25, 0.3) is 5.56 Å². The Kier molecular flexibility index (Phi) is 7.13. The Morgan fingerprint density at radius 2 is 2.07 bits per heavy atom. The number of anilines is 2. The van der Waals surface area contributed by atoms with Crippen molar-refractivity contribution in [2.75, 3.05) is 24.0 Å². The Morgan fingerprint density at radius 1 is 1.34 bits per heavy atom. The summed E-state index contributed by atoms with van der Waals surface area (Å²) in [7, 11) is 0. The molecule has 8 nitrogen and oxygen atoms in total. The summed E-state index contributed by atoms with van der Waals surface area (Å²) in [6, 6.07) is 3.58. The van der Waals surface area contributed by atoms with E-state index in [2.05, 4.69) is 46.2 Å². The maximum Gasteiger partial charge on any atom is 0.250 e. The Labute approximate surface area is 170 Å². The Bertz CT molecular complexity index is 898. The number of hydrogen-bond acceptors (Lipinski definition) is 7. The third kappa shape index (κ3) is 5.99. The van der Waals surface area contributed by atoms with Gasteiger partial charge in [-0.3, -0.25) is 10.2 Å². The van der Waals surface area contributed by atoms with E-state index >= 15 is 0 Å². The van der Waals surface area contributed by atoms with Crippen molar-refractivity contribution in [1.82, 2.24) is 14.5 Å². The minimum absolute atomic E-state index is 0.0295. The monoisotopic (exact) mass is 396 g/mol. The molecule has 1 aliphatic rings. The van der Waals surface area contributed by atoms with E-state index in [0.717, 1.165) is 37.3 Å². The molecule has 29 heavy (non-hydrogen) atoms. The van der Waals surface area contributed by atoms with E-state index in [1.54, 1.807) is 35.3 Å². The molecular weight excluding hydrogens is 368 g/mol. The highest BCUT2D eigenvalue weighted by molar-refractivity contribution is 6.08. The summed E-state index contributed by atoms with van der Waals surface area (Å²) >= 11 is 0. The van der Waals surface area contributed by atoms with Crippen LogP contribution in [0.2, 0.25) is 0 Å². The summed E-state index contributed by atoms with van der Waals surface area (Å²) < 4.78 is 7.04. The molecule has 2 aromatic heterocycles. The van der Waals surface area contributed by atoms with Gasteiger partial charge in [0.2, 0.25) is 5.95 Å². The van der Waals surface area contributed by atoms with E-state index < -0.39 is 0 Å². The predicted octanol–water partition coefficient (Wildman–Crippen LogP) is 2.89. The van der Waals surface area contributed by atoms with E-state index in [0.29, 0.717) is 30.2 Å². The first kappa shape index (κ1) is 20.7. The van der Waals surface area contributed by atoms with Gasteiger partial charge in [0.05, 0.1) is 11.4 Å². The molecule has 3 heterocycles. The molecule has 1 saturated heterocycles. The number of nitrogens with one attached hydrogen (secondary N) is 2. The van der Waals surface area contributed by atoms with Crippen molar-refractivity contribution in [3.63, 3.8) is 0 Å². The fourth-order valence-electron chi connectivity index (χ4n) is 3.05. The zero-order valence-corrected chi connectivity index (χ0v) is 17.0. The Morgan fingerprint density at radius 3 is 2.72 bits per heavy atom. The summed E-state index contributed by atoms with van der Waals surface area (Å²) in [6.45, 7) is 10.1. The van der Waals surface area contributed by atoms with Gasteiger partial charge < -0.3 is 14.6 Å². The summed E-state index contributed by atoms with van der Waals surface area (Å²) in [5, 5.41) is 7.73. The van der Waals surface area contributed by atoms with Crippen LogP contribution in [-0.4, -0.2) is 39.5 Å². The van der Waals surface area contributed by atoms with Crippen molar-refractivity contribution < 1.29 is 4.74 Å². The number of pyridine rings is 1. The van der Waals surface area contributed by atoms with Crippen LogP contribution >= 0.6 is 0 Å². The number of rotatable bonds is 8. The third-order valence-electron chi connectivity index (χ3n) is 4.55. The summed E-state index contributed by atoms with van der Waals surface area (Å²) in [5.74, 6) is 0.971. The minimum Gasteiger partial charge on any atom is -0.381 e. The molecular formula is C21H28N6O2. The molecule has 0 aromatic carbocycles. The van der Waals surface area contributed by atoms with E-state index in [1.165, 1.54) is 6.07 Å². The Hall–Kier alpha value is -3.00. The molecule has 0 radical (unpaired) electrons. The maximum atomic E-state index is 12.0. The van der Waals surface area contributed by atoms with Gasteiger partial charge in [-0.15, -0.1) is 0 Å². The van der Waals surface area contributed by atoms with Crippen LogP contribution in [0.5, 0.6) is 0 Å². The second-order valence-corrected chi connectivity index (χ2v) is 7.44. The molecule has 8 heteroatoms. The van der Waals surface area contributed by atoms with E-state index in [1.807, 2.05) is 0 Å². The van der Waals surface area contributed by atoms with Crippen molar-refractivity contribution >= 4 is 17.3 Å². The van der Waals surface area contributed by atoms with Crippen LogP contribution < -0.4 is 16.3 Å². The lowest BCUT2D eigenvalue weighted by Crippen LogP contribution is -2.28. The average Bonchev–Trinajstić information content (AvgIpc) is 2.72. The van der Waals surface area contributed by atoms with Crippen LogP contribution in [0.25, 0.3) is 0 Å². The summed E-state index contributed by atoms with van der Waals surface area (Å²) in [4.78, 5) is 20.7. The molecule has 3 rings (SSSR count). The lowest BCUT2D eigenvalue weighted by Gasteiger charge is -2.22. The van der Waals surface area contributed by atoms with Crippen LogP contribution in [0.3, 0.4) is 0 Å². The molecule has 1 aliphatic heterocycles. The number of ether oxygens (including phenoxy) is 1. The molecule has 0 amide bonds. The average molecular weight is 396 g/mol. The minimum atomic E-state index is -0.0295. The molecule has 0 spiro atoms. The maximum absolute atomic E-state index is 12.0. The molecule has 0 atom stereocenters. The fraction of sp³-hybridized carbons (Fsp3) is 0.429. The SMILES string of the molecule is C=C/C(=N\Nc1ccc(=O)n(CC(C)C)c1)c1cnc(NC2CCOCC2)nc1. The smallest absolute Gasteiger partial charge is 0.250 e. The zero-order valence-electron chi connectivity index (χ0n) is 17.0. The highest BCUT2D eigenvalue weighted by Gasteiger charge is 2.14. The van der Waals surface area contributed by atoms with Crippen LogP contribution in [0, 0.1) is 5.92 Å². The van der Waals surface area contributed by atoms with E-state index in [-0.39, 0.29) is 5.56 Å². The van der Waals surface area contributed by atoms with Crippen molar-refractivity contribution in [1.29, 1.82) is 0 Å². The molecule has 0 aliphatic carbocycles. The lowest BCUT2D eigenvalue weighted by molar-refractivity contribution is 0.0903. The molecule has 0 saturated carbocycles. The molecule has 154 valence electrons. The highest BCUT2D eigenvalue weighted by Crippen LogP contribution is 2.12. The second-order valence-electron chi connectivity index (χ2n) is 7.44. The molecule has 2 N–H and O–H groups in total. The van der Waals surface area contributed by atoms with E-state index in [9.17, 15) is 4.79 Å². The van der Waals surface area contributed by atoms with Gasteiger partial charge in [-0.1, -0.05) is 20.4 Å². The molecule has 0 unspecified atom stereocenters.